The van der Waals surface area contributed by atoms with Crippen LogP contribution in [0, 0.1) is 11.8 Å². The van der Waals surface area contributed by atoms with Gasteiger partial charge < -0.3 is 4.43 Å². The molecule has 0 aromatic heterocycles. The average Bonchev–Trinajstić information content (AvgIpc) is 2.15. The maximum atomic E-state index is 6.19. The molecule has 1 fully saturated rings. The van der Waals surface area contributed by atoms with E-state index >= 15 is 0 Å². The van der Waals surface area contributed by atoms with Crippen molar-refractivity contribution in [2.75, 3.05) is 0 Å². The molecule has 2 heteroatoms. The summed E-state index contributed by atoms with van der Waals surface area (Å²) in [5.74, 6) is 1.56. The van der Waals surface area contributed by atoms with E-state index in [1.807, 2.05) is 0 Å². The molecule has 0 aliphatic heterocycles. The smallest absolute Gasteiger partial charge is 0.171 e. The van der Waals surface area contributed by atoms with Gasteiger partial charge >= 0.3 is 0 Å². The highest BCUT2D eigenvalue weighted by Gasteiger charge is 2.27. The fraction of sp³-hybridized carbons (Fsp3) is 1.00. The van der Waals surface area contributed by atoms with E-state index in [1.54, 1.807) is 0 Å². The van der Waals surface area contributed by atoms with E-state index in [0.29, 0.717) is 12.0 Å². The summed E-state index contributed by atoms with van der Waals surface area (Å²) in [6, 6.07) is 0. The summed E-state index contributed by atoms with van der Waals surface area (Å²) < 4.78 is 6.19. The Hall–Kier alpha value is 0.177. The first kappa shape index (κ1) is 12.2. The van der Waals surface area contributed by atoms with Crippen LogP contribution in [0.15, 0.2) is 0 Å². The van der Waals surface area contributed by atoms with Gasteiger partial charge in [-0.25, -0.2) is 0 Å². The highest BCUT2D eigenvalue weighted by atomic mass is 28.3. The third-order valence-electron chi connectivity index (χ3n) is 3.20. The summed E-state index contributed by atoms with van der Waals surface area (Å²) >= 11 is 0. The monoisotopic (exact) mass is 214 g/mol. The molecule has 0 N–H and O–H groups in total. The fourth-order valence-electron chi connectivity index (χ4n) is 2.59. The molecular formula is C12H26OSi. The molecule has 1 unspecified atom stereocenters. The zero-order valence-corrected chi connectivity index (χ0v) is 11.4. The van der Waals surface area contributed by atoms with Crippen LogP contribution in [-0.2, 0) is 4.43 Å². The Balaban J connectivity index is 2.47. The molecule has 14 heavy (non-hydrogen) atoms. The molecule has 1 rings (SSSR count). The van der Waals surface area contributed by atoms with Crippen molar-refractivity contribution >= 4 is 9.04 Å². The summed E-state index contributed by atoms with van der Waals surface area (Å²) in [7, 11) is -0.855. The number of rotatable bonds is 4. The minimum absolute atomic E-state index is 0.557. The first-order valence-corrected chi connectivity index (χ1v) is 9.04. The first-order chi connectivity index (χ1) is 6.61. The van der Waals surface area contributed by atoms with Crippen LogP contribution >= 0.6 is 0 Å². The van der Waals surface area contributed by atoms with E-state index in [-0.39, 0.29) is 0 Å². The van der Waals surface area contributed by atoms with Crippen molar-refractivity contribution in [3.05, 3.63) is 0 Å². The second-order valence-electron chi connectivity index (χ2n) is 5.29. The van der Waals surface area contributed by atoms with E-state index in [1.165, 1.54) is 32.1 Å². The minimum atomic E-state index is -0.855. The van der Waals surface area contributed by atoms with Crippen LogP contribution in [0.3, 0.4) is 0 Å². The van der Waals surface area contributed by atoms with Gasteiger partial charge in [0.05, 0.1) is 0 Å². The summed E-state index contributed by atoms with van der Waals surface area (Å²) in [6.45, 7) is 9.21. The molecule has 0 aromatic carbocycles. The van der Waals surface area contributed by atoms with E-state index < -0.39 is 9.04 Å². The molecule has 0 aromatic rings. The van der Waals surface area contributed by atoms with E-state index in [2.05, 4.69) is 26.9 Å². The van der Waals surface area contributed by atoms with Gasteiger partial charge in [-0.2, -0.15) is 0 Å². The molecule has 0 spiro atoms. The molecule has 0 amide bonds. The summed E-state index contributed by atoms with van der Waals surface area (Å²) in [5.41, 5.74) is 0. The Morgan fingerprint density at radius 3 is 2.07 bits per heavy atom. The molecule has 0 radical (unpaired) electrons. The van der Waals surface area contributed by atoms with Crippen molar-refractivity contribution in [2.24, 2.45) is 11.8 Å². The van der Waals surface area contributed by atoms with E-state index in [9.17, 15) is 0 Å². The second kappa shape index (κ2) is 5.91. The molecule has 1 aliphatic carbocycles. The fourth-order valence-corrected chi connectivity index (χ4v) is 3.75. The molecule has 1 saturated carbocycles. The first-order valence-electron chi connectivity index (χ1n) is 6.26. The van der Waals surface area contributed by atoms with Crippen LogP contribution in [-0.4, -0.2) is 15.1 Å². The molecule has 1 atom stereocenters. The molecule has 1 aliphatic rings. The predicted octanol–water partition coefficient (Wildman–Crippen LogP) is 3.59. The van der Waals surface area contributed by atoms with Crippen molar-refractivity contribution < 1.29 is 4.43 Å². The van der Waals surface area contributed by atoms with Gasteiger partial charge in [0.1, 0.15) is 0 Å². The lowest BCUT2D eigenvalue weighted by Crippen LogP contribution is -2.34. The SMILES string of the molecule is CC(C)C(O[SiH](C)C)C1CCCCC1. The minimum Gasteiger partial charge on any atom is -0.417 e. The third-order valence-corrected chi connectivity index (χ3v) is 4.06. The molecule has 0 bridgehead atoms. The number of hydrogen-bond donors (Lipinski definition) is 0. The highest BCUT2D eigenvalue weighted by molar-refractivity contribution is 6.48. The second-order valence-corrected chi connectivity index (χ2v) is 7.66. The van der Waals surface area contributed by atoms with Crippen molar-refractivity contribution in [3.63, 3.8) is 0 Å². The standard InChI is InChI=1S/C12H26OSi/c1-10(2)12(13-14(3)4)11-8-6-5-7-9-11/h10-12,14H,5-9H2,1-4H3. The van der Waals surface area contributed by atoms with Crippen LogP contribution in [0.25, 0.3) is 0 Å². The lowest BCUT2D eigenvalue weighted by molar-refractivity contribution is 0.0679. The Labute approximate surface area is 91.0 Å². The normalized spacial score (nSPS) is 21.9. The topological polar surface area (TPSA) is 9.23 Å². The van der Waals surface area contributed by atoms with E-state index in [4.69, 9.17) is 4.43 Å². The van der Waals surface area contributed by atoms with Crippen molar-refractivity contribution in [1.29, 1.82) is 0 Å². The maximum Gasteiger partial charge on any atom is 0.171 e. The van der Waals surface area contributed by atoms with Gasteiger partial charge in [0.2, 0.25) is 0 Å². The predicted molar refractivity (Wildman–Crippen MR) is 65.2 cm³/mol. The van der Waals surface area contributed by atoms with Gasteiger partial charge in [0, 0.05) is 6.10 Å². The van der Waals surface area contributed by atoms with Crippen LogP contribution < -0.4 is 0 Å². The van der Waals surface area contributed by atoms with Crippen LogP contribution in [0.2, 0.25) is 13.1 Å². The Bertz CT molecular complexity index is 150. The van der Waals surface area contributed by atoms with Gasteiger partial charge in [0.15, 0.2) is 9.04 Å². The zero-order valence-electron chi connectivity index (χ0n) is 10.3. The third kappa shape index (κ3) is 3.74. The zero-order chi connectivity index (χ0) is 10.6. The summed E-state index contributed by atoms with van der Waals surface area (Å²) in [5, 5.41) is 0. The van der Waals surface area contributed by atoms with E-state index in [0.717, 1.165) is 5.92 Å². The molecule has 1 nitrogen and oxygen atoms in total. The largest absolute Gasteiger partial charge is 0.417 e. The van der Waals surface area contributed by atoms with Gasteiger partial charge in [-0.05, 0) is 37.8 Å². The Morgan fingerprint density at radius 2 is 1.64 bits per heavy atom. The lowest BCUT2D eigenvalue weighted by Gasteiger charge is -2.34. The molecule has 0 heterocycles. The number of hydrogen-bond acceptors (Lipinski definition) is 1. The lowest BCUT2D eigenvalue weighted by atomic mass is 9.81. The Kier molecular flexibility index (Phi) is 5.17. The molecular weight excluding hydrogens is 188 g/mol. The molecule has 84 valence electrons. The average molecular weight is 214 g/mol. The molecule has 0 saturated heterocycles. The maximum absolute atomic E-state index is 6.19. The quantitative estimate of drug-likeness (QED) is 0.650. The van der Waals surface area contributed by atoms with Gasteiger partial charge in [-0.15, -0.1) is 0 Å². The summed E-state index contributed by atoms with van der Waals surface area (Å²) in [6.07, 6.45) is 7.67. The van der Waals surface area contributed by atoms with Gasteiger partial charge in [0.25, 0.3) is 0 Å². The van der Waals surface area contributed by atoms with Crippen molar-refractivity contribution in [1.82, 2.24) is 0 Å². The van der Waals surface area contributed by atoms with Crippen LogP contribution in [0.5, 0.6) is 0 Å². The Morgan fingerprint density at radius 1 is 1.07 bits per heavy atom. The van der Waals surface area contributed by atoms with Gasteiger partial charge in [-0.3, -0.25) is 0 Å². The highest BCUT2D eigenvalue weighted by Crippen LogP contribution is 2.31. The van der Waals surface area contributed by atoms with Crippen LogP contribution in [0.4, 0.5) is 0 Å². The van der Waals surface area contributed by atoms with Crippen LogP contribution in [0.1, 0.15) is 46.0 Å². The van der Waals surface area contributed by atoms with Crippen molar-refractivity contribution in [3.8, 4) is 0 Å². The van der Waals surface area contributed by atoms with Gasteiger partial charge in [-0.1, -0.05) is 33.1 Å². The van der Waals surface area contributed by atoms with Crippen molar-refractivity contribution in [2.45, 2.75) is 65.1 Å². The summed E-state index contributed by atoms with van der Waals surface area (Å²) in [4.78, 5) is 0.